The Labute approximate surface area is 118 Å². The fourth-order valence-electron chi connectivity index (χ4n) is 2.69. The number of nitro groups is 1. The Morgan fingerprint density at radius 1 is 1.35 bits per heavy atom. The van der Waals surface area contributed by atoms with Gasteiger partial charge in [-0.05, 0) is 49.4 Å². The van der Waals surface area contributed by atoms with Crippen LogP contribution in [-0.2, 0) is 6.54 Å². The van der Waals surface area contributed by atoms with Crippen molar-refractivity contribution < 1.29 is 9.31 Å². The number of halogens is 1. The summed E-state index contributed by atoms with van der Waals surface area (Å²) in [6.45, 7) is 7.21. The zero-order chi connectivity index (χ0) is 14.8. The third-order valence-electron chi connectivity index (χ3n) is 4.05. The summed E-state index contributed by atoms with van der Waals surface area (Å²) in [7, 11) is 0. The lowest BCUT2D eigenvalue weighted by Gasteiger charge is -2.23. The molecule has 0 aliphatic carbocycles. The van der Waals surface area contributed by atoms with Gasteiger partial charge in [-0.2, -0.15) is 4.39 Å². The molecule has 0 spiro atoms. The summed E-state index contributed by atoms with van der Waals surface area (Å²) >= 11 is 0. The number of hydrogen-bond acceptors (Lipinski definition) is 3. The molecule has 0 amide bonds. The van der Waals surface area contributed by atoms with E-state index < -0.39 is 16.4 Å². The highest BCUT2D eigenvalue weighted by molar-refractivity contribution is 5.34. The van der Waals surface area contributed by atoms with E-state index in [1.54, 1.807) is 6.07 Å². The normalized spacial score (nSPS) is 19.6. The summed E-state index contributed by atoms with van der Waals surface area (Å²) in [5.74, 6) is -0.748. The molecule has 0 radical (unpaired) electrons. The van der Waals surface area contributed by atoms with E-state index in [9.17, 15) is 14.5 Å². The molecule has 1 aromatic carbocycles. The number of rotatable bonds is 3. The maximum Gasteiger partial charge on any atom is 0.304 e. The number of likely N-dealkylation sites (tertiary alicyclic amines) is 1. The molecule has 1 aliphatic rings. The lowest BCUT2D eigenvalue weighted by atomic mass is 9.85. The van der Waals surface area contributed by atoms with E-state index in [0.717, 1.165) is 31.5 Å². The zero-order valence-corrected chi connectivity index (χ0v) is 12.1. The Bertz CT molecular complexity index is 503. The molecule has 110 valence electrons. The molecule has 0 N–H and O–H groups in total. The molecule has 20 heavy (non-hydrogen) atoms. The zero-order valence-electron chi connectivity index (χ0n) is 12.1. The Balaban J connectivity index is 2.03. The third kappa shape index (κ3) is 3.76. The monoisotopic (exact) mass is 280 g/mol. The second-order valence-electron chi connectivity index (χ2n) is 6.34. The van der Waals surface area contributed by atoms with E-state index in [1.165, 1.54) is 18.6 Å². The summed E-state index contributed by atoms with van der Waals surface area (Å²) in [6, 6.07) is 4.19. The van der Waals surface area contributed by atoms with Gasteiger partial charge in [0.1, 0.15) is 0 Å². The Kier molecular flexibility index (Phi) is 4.38. The summed E-state index contributed by atoms with van der Waals surface area (Å²) in [6.07, 6.45) is 3.48. The van der Waals surface area contributed by atoms with Gasteiger partial charge in [0.25, 0.3) is 0 Å². The minimum absolute atomic E-state index is 0.371. The second-order valence-corrected chi connectivity index (χ2v) is 6.34. The van der Waals surface area contributed by atoms with Crippen LogP contribution in [0.3, 0.4) is 0 Å². The lowest BCUT2D eigenvalue weighted by Crippen LogP contribution is -2.25. The first-order valence-corrected chi connectivity index (χ1v) is 7.03. The summed E-state index contributed by atoms with van der Waals surface area (Å²) in [5, 5.41) is 10.6. The van der Waals surface area contributed by atoms with E-state index in [-0.39, 0.29) is 0 Å². The molecule has 0 bridgehead atoms. The van der Waals surface area contributed by atoms with Crippen molar-refractivity contribution in [3.63, 3.8) is 0 Å². The van der Waals surface area contributed by atoms with Gasteiger partial charge in [0.05, 0.1) is 4.92 Å². The van der Waals surface area contributed by atoms with E-state index in [1.807, 2.05) is 0 Å². The van der Waals surface area contributed by atoms with Gasteiger partial charge in [0, 0.05) is 12.6 Å². The van der Waals surface area contributed by atoms with Crippen LogP contribution >= 0.6 is 0 Å². The topological polar surface area (TPSA) is 46.4 Å². The van der Waals surface area contributed by atoms with Crippen LogP contribution in [0.15, 0.2) is 18.2 Å². The highest BCUT2D eigenvalue weighted by atomic mass is 19.1. The second kappa shape index (κ2) is 5.87. The van der Waals surface area contributed by atoms with Crippen LogP contribution in [0.25, 0.3) is 0 Å². The van der Waals surface area contributed by atoms with Crippen LogP contribution in [0.4, 0.5) is 10.1 Å². The molecule has 1 aromatic rings. The molecular weight excluding hydrogens is 259 g/mol. The van der Waals surface area contributed by atoms with Crippen LogP contribution < -0.4 is 0 Å². The van der Waals surface area contributed by atoms with E-state index in [2.05, 4.69) is 18.7 Å². The predicted molar refractivity (Wildman–Crippen MR) is 76.0 cm³/mol. The molecule has 0 atom stereocenters. The minimum Gasteiger partial charge on any atom is -0.299 e. The molecular formula is C15H21FN2O2. The number of benzene rings is 1. The minimum atomic E-state index is -0.748. The lowest BCUT2D eigenvalue weighted by molar-refractivity contribution is -0.387. The van der Waals surface area contributed by atoms with Crippen LogP contribution in [0.1, 0.15) is 38.7 Å². The van der Waals surface area contributed by atoms with E-state index in [0.29, 0.717) is 12.0 Å². The quantitative estimate of drug-likeness (QED) is 0.626. The van der Waals surface area contributed by atoms with Gasteiger partial charge < -0.3 is 0 Å². The smallest absolute Gasteiger partial charge is 0.299 e. The number of nitrogens with zero attached hydrogens (tertiary/aromatic N) is 2. The molecule has 0 saturated carbocycles. The molecule has 4 nitrogen and oxygen atoms in total. The van der Waals surface area contributed by atoms with Gasteiger partial charge >= 0.3 is 5.69 Å². The average Bonchev–Trinajstić information content (AvgIpc) is 2.51. The molecule has 5 heteroatoms. The van der Waals surface area contributed by atoms with Crippen molar-refractivity contribution in [2.45, 2.75) is 39.7 Å². The third-order valence-corrected chi connectivity index (χ3v) is 4.05. The van der Waals surface area contributed by atoms with Crippen molar-refractivity contribution in [2.75, 3.05) is 13.1 Å². The molecule has 1 heterocycles. The fourth-order valence-corrected chi connectivity index (χ4v) is 2.69. The van der Waals surface area contributed by atoms with Crippen molar-refractivity contribution in [3.05, 3.63) is 39.7 Å². The number of hydrogen-bond donors (Lipinski definition) is 0. The first-order chi connectivity index (χ1) is 9.37. The Morgan fingerprint density at radius 2 is 2.10 bits per heavy atom. The van der Waals surface area contributed by atoms with Crippen molar-refractivity contribution in [1.29, 1.82) is 0 Å². The fraction of sp³-hybridized carbons (Fsp3) is 0.600. The molecule has 0 aromatic heterocycles. The first-order valence-electron chi connectivity index (χ1n) is 7.03. The summed E-state index contributed by atoms with van der Waals surface area (Å²) in [4.78, 5) is 12.2. The predicted octanol–water partition coefficient (Wildman–Crippen LogP) is 3.75. The Hall–Kier alpha value is -1.49. The maximum absolute atomic E-state index is 13.6. The van der Waals surface area contributed by atoms with Gasteiger partial charge in [-0.1, -0.05) is 19.9 Å². The van der Waals surface area contributed by atoms with E-state index >= 15 is 0 Å². The van der Waals surface area contributed by atoms with Crippen molar-refractivity contribution in [3.8, 4) is 0 Å². The van der Waals surface area contributed by atoms with Crippen molar-refractivity contribution in [2.24, 2.45) is 5.41 Å². The highest BCUT2D eigenvalue weighted by Gasteiger charge is 2.23. The molecule has 1 saturated heterocycles. The molecule has 1 fully saturated rings. The molecule has 2 rings (SSSR count). The van der Waals surface area contributed by atoms with Gasteiger partial charge in [-0.3, -0.25) is 15.0 Å². The largest absolute Gasteiger partial charge is 0.304 e. The van der Waals surface area contributed by atoms with Gasteiger partial charge in [0.15, 0.2) is 0 Å². The van der Waals surface area contributed by atoms with Gasteiger partial charge in [0.2, 0.25) is 5.82 Å². The maximum atomic E-state index is 13.6. The van der Waals surface area contributed by atoms with Crippen LogP contribution in [0.2, 0.25) is 0 Å². The first kappa shape index (κ1) is 14.9. The van der Waals surface area contributed by atoms with Crippen molar-refractivity contribution in [1.82, 2.24) is 4.90 Å². The number of nitro benzene ring substituents is 1. The van der Waals surface area contributed by atoms with Crippen LogP contribution in [0, 0.1) is 21.3 Å². The van der Waals surface area contributed by atoms with E-state index in [4.69, 9.17) is 0 Å². The Morgan fingerprint density at radius 3 is 2.75 bits per heavy atom. The van der Waals surface area contributed by atoms with Crippen molar-refractivity contribution >= 4 is 5.69 Å². The standard InChI is InChI=1S/C15H21FN2O2/c1-15(2)6-3-8-17(9-7-15)11-12-4-5-14(18(19)20)13(16)10-12/h4-5,10H,3,6-9,11H2,1-2H3. The SMILES string of the molecule is CC1(C)CCCN(Cc2ccc([N+](=O)[O-])c(F)c2)CC1. The summed E-state index contributed by atoms with van der Waals surface area (Å²) in [5.41, 5.74) is 0.716. The van der Waals surface area contributed by atoms with Gasteiger partial charge in [-0.15, -0.1) is 0 Å². The van der Waals surface area contributed by atoms with Crippen LogP contribution in [0.5, 0.6) is 0 Å². The van der Waals surface area contributed by atoms with Crippen LogP contribution in [-0.4, -0.2) is 22.9 Å². The molecule has 1 aliphatic heterocycles. The average molecular weight is 280 g/mol. The van der Waals surface area contributed by atoms with Gasteiger partial charge in [-0.25, -0.2) is 0 Å². The highest BCUT2D eigenvalue weighted by Crippen LogP contribution is 2.30. The molecule has 0 unspecified atom stereocenters. The summed E-state index contributed by atoms with van der Waals surface area (Å²) < 4.78 is 13.6.